The van der Waals surface area contributed by atoms with E-state index in [1.165, 1.54) is 0 Å². The number of carbonyl (C=O) groups excluding carboxylic acids is 2. The fraction of sp³-hybridized carbons (Fsp3) is 0.429. The summed E-state index contributed by atoms with van der Waals surface area (Å²) in [4.78, 5) is 50.4. The number of hydrogen-bond acceptors (Lipinski definition) is 5. The van der Waals surface area contributed by atoms with E-state index in [4.69, 9.17) is 10.8 Å². The highest BCUT2D eigenvalue weighted by Gasteiger charge is 2.30. The summed E-state index contributed by atoms with van der Waals surface area (Å²) in [7, 11) is 0. The SMILES string of the molecule is CC(C)C(NC(=O)C(N)Cc1c[nH]c2ccccc12)C(=O)NC(CCC(=O)O)C(=O)O. The van der Waals surface area contributed by atoms with E-state index in [0.29, 0.717) is 0 Å². The molecular formula is C21H28N4O6. The highest BCUT2D eigenvalue weighted by Crippen LogP contribution is 2.19. The van der Waals surface area contributed by atoms with Gasteiger partial charge in [-0.05, 0) is 30.4 Å². The van der Waals surface area contributed by atoms with Crippen molar-refractivity contribution in [2.24, 2.45) is 11.7 Å². The molecule has 0 aliphatic carbocycles. The van der Waals surface area contributed by atoms with E-state index < -0.39 is 48.3 Å². The maximum atomic E-state index is 12.6. The largest absolute Gasteiger partial charge is 0.481 e. The Morgan fingerprint density at radius 1 is 1.06 bits per heavy atom. The maximum Gasteiger partial charge on any atom is 0.326 e. The molecule has 3 unspecified atom stereocenters. The van der Waals surface area contributed by atoms with Gasteiger partial charge in [0.1, 0.15) is 12.1 Å². The third kappa shape index (κ3) is 6.54. The molecule has 0 saturated heterocycles. The third-order valence-electron chi connectivity index (χ3n) is 4.96. The lowest BCUT2D eigenvalue weighted by Crippen LogP contribution is -2.56. The molecule has 7 N–H and O–H groups in total. The van der Waals surface area contributed by atoms with Crippen molar-refractivity contribution in [3.63, 3.8) is 0 Å². The second-order valence-corrected chi connectivity index (χ2v) is 7.73. The number of H-pyrrole nitrogens is 1. The number of carbonyl (C=O) groups is 4. The van der Waals surface area contributed by atoms with Gasteiger partial charge in [-0.1, -0.05) is 32.0 Å². The van der Waals surface area contributed by atoms with Gasteiger partial charge in [-0.3, -0.25) is 14.4 Å². The van der Waals surface area contributed by atoms with Crippen LogP contribution in [0.4, 0.5) is 0 Å². The highest BCUT2D eigenvalue weighted by atomic mass is 16.4. The van der Waals surface area contributed by atoms with Gasteiger partial charge in [0.2, 0.25) is 11.8 Å². The summed E-state index contributed by atoms with van der Waals surface area (Å²) in [6.07, 6.45) is 1.35. The number of rotatable bonds is 11. The predicted molar refractivity (Wildman–Crippen MR) is 113 cm³/mol. The number of benzene rings is 1. The first-order valence-corrected chi connectivity index (χ1v) is 9.96. The average molecular weight is 432 g/mol. The van der Waals surface area contributed by atoms with Gasteiger partial charge in [0, 0.05) is 23.5 Å². The quantitative estimate of drug-likeness (QED) is 0.301. The topological polar surface area (TPSA) is 175 Å². The molecule has 0 saturated carbocycles. The molecule has 0 spiro atoms. The number of nitrogens with one attached hydrogen (secondary N) is 3. The summed E-state index contributed by atoms with van der Waals surface area (Å²) in [6, 6.07) is 4.28. The highest BCUT2D eigenvalue weighted by molar-refractivity contribution is 5.92. The first kappa shape index (κ1) is 23.9. The van der Waals surface area contributed by atoms with Gasteiger partial charge in [-0.2, -0.15) is 0 Å². The van der Waals surface area contributed by atoms with Crippen molar-refractivity contribution in [2.45, 2.75) is 51.2 Å². The second-order valence-electron chi connectivity index (χ2n) is 7.73. The van der Waals surface area contributed by atoms with Crippen molar-refractivity contribution in [2.75, 3.05) is 0 Å². The van der Waals surface area contributed by atoms with E-state index in [-0.39, 0.29) is 18.8 Å². The molecule has 2 amide bonds. The van der Waals surface area contributed by atoms with E-state index in [1.807, 2.05) is 24.3 Å². The van der Waals surface area contributed by atoms with Crippen molar-refractivity contribution < 1.29 is 29.4 Å². The number of carboxylic acids is 2. The van der Waals surface area contributed by atoms with Crippen LogP contribution in [0.5, 0.6) is 0 Å². The van der Waals surface area contributed by atoms with Gasteiger partial charge in [0.25, 0.3) is 0 Å². The molecular weight excluding hydrogens is 404 g/mol. The molecule has 2 rings (SSSR count). The van der Waals surface area contributed by atoms with Crippen LogP contribution in [0, 0.1) is 5.92 Å². The number of amides is 2. The first-order chi connectivity index (χ1) is 14.6. The van der Waals surface area contributed by atoms with Gasteiger partial charge in [-0.15, -0.1) is 0 Å². The zero-order chi connectivity index (χ0) is 23.1. The molecule has 2 aromatic rings. The molecule has 0 bridgehead atoms. The Hall–Kier alpha value is -3.40. The Bertz CT molecular complexity index is 954. The molecule has 10 heteroatoms. The zero-order valence-electron chi connectivity index (χ0n) is 17.4. The molecule has 1 aromatic heterocycles. The first-order valence-electron chi connectivity index (χ1n) is 9.96. The molecule has 0 radical (unpaired) electrons. The Balaban J connectivity index is 2.03. The lowest BCUT2D eigenvalue weighted by Gasteiger charge is -2.25. The van der Waals surface area contributed by atoms with Crippen molar-refractivity contribution in [1.82, 2.24) is 15.6 Å². The monoisotopic (exact) mass is 432 g/mol. The van der Waals surface area contributed by atoms with Crippen molar-refractivity contribution in [1.29, 1.82) is 0 Å². The summed E-state index contributed by atoms with van der Waals surface area (Å²) in [6.45, 7) is 3.39. The number of aromatic amines is 1. The molecule has 0 fully saturated rings. The standard InChI is InChI=1S/C21H28N4O6/c1-11(2)18(20(29)24-16(21(30)31)7-8-17(26)27)25-19(28)14(22)9-12-10-23-15-6-4-3-5-13(12)15/h3-6,10-11,14,16,18,23H,7-9,22H2,1-2H3,(H,24,29)(H,25,28)(H,26,27)(H,30,31). The minimum Gasteiger partial charge on any atom is -0.481 e. The normalized spacial score (nSPS) is 14.1. The molecule has 3 atom stereocenters. The Labute approximate surface area is 179 Å². The lowest BCUT2D eigenvalue weighted by molar-refractivity contribution is -0.143. The molecule has 0 aliphatic heterocycles. The summed E-state index contributed by atoms with van der Waals surface area (Å²) in [5.74, 6) is -4.12. The molecule has 0 aliphatic rings. The molecule has 1 aromatic carbocycles. The number of aliphatic carboxylic acids is 2. The van der Waals surface area contributed by atoms with Crippen molar-refractivity contribution in [3.8, 4) is 0 Å². The van der Waals surface area contributed by atoms with Crippen molar-refractivity contribution in [3.05, 3.63) is 36.0 Å². The summed E-state index contributed by atoms with van der Waals surface area (Å²) >= 11 is 0. The maximum absolute atomic E-state index is 12.6. The second kappa shape index (κ2) is 10.6. The van der Waals surface area contributed by atoms with E-state index in [1.54, 1.807) is 20.0 Å². The van der Waals surface area contributed by atoms with Crippen LogP contribution in [0.2, 0.25) is 0 Å². The van der Waals surface area contributed by atoms with E-state index >= 15 is 0 Å². The van der Waals surface area contributed by atoms with E-state index in [2.05, 4.69) is 15.6 Å². The van der Waals surface area contributed by atoms with Crippen molar-refractivity contribution >= 4 is 34.7 Å². The predicted octanol–water partition coefficient (Wildman–Crippen LogP) is 0.613. The molecule has 1 heterocycles. The number of carboxylic acid groups (broad SMARTS) is 2. The average Bonchev–Trinajstić information content (AvgIpc) is 3.11. The summed E-state index contributed by atoms with van der Waals surface area (Å²) in [5, 5.41) is 23.8. The van der Waals surface area contributed by atoms with Gasteiger partial charge in [0.05, 0.1) is 6.04 Å². The van der Waals surface area contributed by atoms with Gasteiger partial charge in [-0.25, -0.2) is 4.79 Å². The van der Waals surface area contributed by atoms with Crippen LogP contribution in [0.15, 0.2) is 30.5 Å². The minimum atomic E-state index is -1.37. The summed E-state index contributed by atoms with van der Waals surface area (Å²) < 4.78 is 0. The smallest absolute Gasteiger partial charge is 0.326 e. The zero-order valence-corrected chi connectivity index (χ0v) is 17.4. The van der Waals surface area contributed by atoms with E-state index in [0.717, 1.165) is 16.5 Å². The van der Waals surface area contributed by atoms with Gasteiger partial charge < -0.3 is 31.6 Å². The number of fused-ring (bicyclic) bond motifs is 1. The van der Waals surface area contributed by atoms with Crippen LogP contribution in [0.1, 0.15) is 32.3 Å². The molecule has 168 valence electrons. The van der Waals surface area contributed by atoms with E-state index in [9.17, 15) is 24.3 Å². The molecule has 10 nitrogen and oxygen atoms in total. The van der Waals surface area contributed by atoms with Crippen LogP contribution in [-0.4, -0.2) is 57.1 Å². The fourth-order valence-corrected chi connectivity index (χ4v) is 3.21. The Kier molecular flexibility index (Phi) is 8.14. The Morgan fingerprint density at radius 2 is 1.74 bits per heavy atom. The fourth-order valence-electron chi connectivity index (χ4n) is 3.21. The summed E-state index contributed by atoms with van der Waals surface area (Å²) in [5.41, 5.74) is 7.85. The number of para-hydroxylation sites is 1. The van der Waals surface area contributed by atoms with Crippen LogP contribution in [0.25, 0.3) is 10.9 Å². The number of hydrogen-bond donors (Lipinski definition) is 6. The van der Waals surface area contributed by atoms with Crippen LogP contribution >= 0.6 is 0 Å². The van der Waals surface area contributed by atoms with Crippen LogP contribution < -0.4 is 16.4 Å². The van der Waals surface area contributed by atoms with Crippen LogP contribution in [0.3, 0.4) is 0 Å². The third-order valence-corrected chi connectivity index (χ3v) is 4.96. The number of aromatic nitrogens is 1. The van der Waals surface area contributed by atoms with Gasteiger partial charge in [0.15, 0.2) is 0 Å². The Morgan fingerprint density at radius 3 is 2.35 bits per heavy atom. The van der Waals surface area contributed by atoms with Crippen LogP contribution in [-0.2, 0) is 25.6 Å². The number of nitrogens with two attached hydrogens (primary N) is 1. The molecule has 31 heavy (non-hydrogen) atoms. The van der Waals surface area contributed by atoms with Gasteiger partial charge >= 0.3 is 11.9 Å². The lowest BCUT2D eigenvalue weighted by atomic mass is 10.0. The minimum absolute atomic E-state index is 0.249.